The fraction of sp³-hybridized carbons (Fsp3) is 0.960. The molecule has 0 aromatic carbocycles. The lowest BCUT2D eigenvalue weighted by molar-refractivity contribution is -0.316. The van der Waals surface area contributed by atoms with Crippen molar-refractivity contribution in [1.82, 2.24) is 10.6 Å². The van der Waals surface area contributed by atoms with Gasteiger partial charge in [0.05, 0.1) is 43.0 Å². The lowest BCUT2D eigenvalue weighted by Gasteiger charge is -2.49. The molecule has 2 heterocycles. The molecular formula is C25H51N7O12. The second kappa shape index (κ2) is 17.1. The lowest BCUT2D eigenvalue weighted by Crippen LogP contribution is -2.69. The monoisotopic (exact) mass is 641 g/mol. The highest BCUT2D eigenvalue weighted by molar-refractivity contribution is 5.81. The minimum atomic E-state index is -1.62. The predicted octanol–water partition coefficient (Wildman–Crippen LogP) is -8.48. The maximum absolute atomic E-state index is 12.6. The third-order valence-corrected chi connectivity index (χ3v) is 8.30. The number of aliphatic hydroxyl groups excluding tert-OH is 7. The third-order valence-electron chi connectivity index (χ3n) is 8.30. The van der Waals surface area contributed by atoms with Crippen LogP contribution in [0.1, 0.15) is 19.3 Å². The van der Waals surface area contributed by atoms with Gasteiger partial charge < -0.3 is 94.0 Å². The highest BCUT2D eigenvalue weighted by Gasteiger charge is 2.51. The quantitative estimate of drug-likeness (QED) is 0.0836. The van der Waals surface area contributed by atoms with Crippen molar-refractivity contribution in [2.24, 2.45) is 28.7 Å². The molecule has 258 valence electrons. The van der Waals surface area contributed by atoms with E-state index in [2.05, 4.69) is 10.6 Å². The summed E-state index contributed by atoms with van der Waals surface area (Å²) < 4.78 is 23.6. The van der Waals surface area contributed by atoms with E-state index in [1.807, 2.05) is 0 Å². The van der Waals surface area contributed by atoms with Crippen molar-refractivity contribution >= 4 is 5.91 Å². The van der Waals surface area contributed by atoms with Crippen LogP contribution in [0.25, 0.3) is 0 Å². The second-order valence-corrected chi connectivity index (χ2v) is 11.6. The van der Waals surface area contributed by atoms with E-state index in [1.54, 1.807) is 0 Å². The van der Waals surface area contributed by atoms with E-state index in [9.17, 15) is 40.5 Å². The number of ether oxygens (including phenoxy) is 4. The number of carbonyl (C=O) groups is 1. The van der Waals surface area contributed by atoms with Gasteiger partial charge in [0, 0.05) is 25.7 Å². The summed E-state index contributed by atoms with van der Waals surface area (Å²) in [5.41, 5.74) is 29.0. The molecular weight excluding hydrogens is 590 g/mol. The third kappa shape index (κ3) is 8.98. The maximum atomic E-state index is 12.6. The summed E-state index contributed by atoms with van der Waals surface area (Å²) in [5, 5.41) is 78.4. The molecule has 3 aliphatic rings. The van der Waals surface area contributed by atoms with Gasteiger partial charge in [0.15, 0.2) is 12.6 Å². The molecule has 19 heteroatoms. The zero-order chi connectivity index (χ0) is 32.7. The van der Waals surface area contributed by atoms with Gasteiger partial charge in [-0.25, -0.2) is 0 Å². The predicted molar refractivity (Wildman–Crippen MR) is 151 cm³/mol. The maximum Gasteiger partial charge on any atom is 0.250 e. The van der Waals surface area contributed by atoms with Crippen LogP contribution in [-0.4, -0.2) is 172 Å². The Hall–Kier alpha value is -1.21. The van der Waals surface area contributed by atoms with Gasteiger partial charge in [0.25, 0.3) is 0 Å². The minimum absolute atomic E-state index is 0.0405. The smallest absolute Gasteiger partial charge is 0.250 e. The fourth-order valence-corrected chi connectivity index (χ4v) is 5.64. The Labute approximate surface area is 254 Å². The Morgan fingerprint density at radius 2 is 1.55 bits per heavy atom. The number of rotatable bonds is 14. The van der Waals surface area contributed by atoms with Gasteiger partial charge in [-0.2, -0.15) is 0 Å². The standard InChI is InChI=1S/C25H51N7O12/c26-2-1-9(34)7-31-12-4-13(35)15(6-28)41-24(12)43-21-10(29)3-11(32-23(40)14(36)5-27)22(20(21)39)44-25-19(38)17(30)18(37)16(8-33)42-25/h9-22,24-25,31,33-39H,1-8,26-30H2,(H,32,40)/t9?,10-,11+,12+,13-,14-,15+,16+,17-,18+,19+,20-,21+,22-,24+,25+/m0/s1. The molecule has 44 heavy (non-hydrogen) atoms. The SMILES string of the molecule is NCCC(O)CN[C@@H]1C[C@H](O)[C@@H](CN)O[C@@H]1O[C@H]1[C@H](O)[C@@H](O[C@H]2O[C@H](CO)[C@@H](O)[C@H](N)[C@H]2O)[C@H](NC(=O)[C@@H](O)CN)C[C@@H]1N. The molecule has 0 bridgehead atoms. The van der Waals surface area contributed by atoms with E-state index < -0.39 is 110 Å². The zero-order valence-corrected chi connectivity index (χ0v) is 24.5. The van der Waals surface area contributed by atoms with Gasteiger partial charge in [-0.1, -0.05) is 0 Å². The lowest BCUT2D eigenvalue weighted by atomic mass is 9.83. The van der Waals surface area contributed by atoms with Crippen LogP contribution in [0, 0.1) is 0 Å². The average molecular weight is 642 g/mol. The molecule has 1 aliphatic carbocycles. The molecule has 3 fully saturated rings. The molecule has 19 nitrogen and oxygen atoms in total. The molecule has 19 N–H and O–H groups in total. The Balaban J connectivity index is 1.85. The Morgan fingerprint density at radius 1 is 0.886 bits per heavy atom. The topological polar surface area (TPSA) is 350 Å². The first-order chi connectivity index (χ1) is 20.9. The van der Waals surface area contributed by atoms with Crippen molar-refractivity contribution in [1.29, 1.82) is 0 Å². The molecule has 3 rings (SSSR count). The number of nitrogens with two attached hydrogens (primary N) is 5. The molecule has 1 saturated carbocycles. The van der Waals surface area contributed by atoms with Crippen LogP contribution in [0.5, 0.6) is 0 Å². The molecule has 0 aromatic rings. The van der Waals surface area contributed by atoms with E-state index in [-0.39, 0.29) is 39.0 Å². The van der Waals surface area contributed by atoms with E-state index >= 15 is 0 Å². The minimum Gasteiger partial charge on any atom is -0.394 e. The van der Waals surface area contributed by atoms with Gasteiger partial charge >= 0.3 is 0 Å². The van der Waals surface area contributed by atoms with Crippen LogP contribution in [-0.2, 0) is 23.7 Å². The highest BCUT2D eigenvalue weighted by Crippen LogP contribution is 2.32. The Morgan fingerprint density at radius 3 is 2.16 bits per heavy atom. The van der Waals surface area contributed by atoms with E-state index in [0.717, 1.165) is 0 Å². The van der Waals surface area contributed by atoms with Gasteiger partial charge in [-0.05, 0) is 25.8 Å². The molecule has 2 saturated heterocycles. The van der Waals surface area contributed by atoms with Crippen molar-refractivity contribution in [2.45, 2.75) is 117 Å². The van der Waals surface area contributed by atoms with Crippen LogP contribution in [0.15, 0.2) is 0 Å². The molecule has 1 amide bonds. The molecule has 0 aromatic heterocycles. The number of aliphatic hydroxyl groups is 7. The van der Waals surface area contributed by atoms with Crippen molar-refractivity contribution in [3.8, 4) is 0 Å². The highest BCUT2D eigenvalue weighted by atomic mass is 16.7. The first-order valence-electron chi connectivity index (χ1n) is 14.8. The molecule has 2 aliphatic heterocycles. The average Bonchev–Trinajstić information content (AvgIpc) is 3.00. The van der Waals surface area contributed by atoms with Crippen LogP contribution in [0.2, 0.25) is 0 Å². The van der Waals surface area contributed by atoms with E-state index in [1.165, 1.54) is 0 Å². The molecule has 16 atom stereocenters. The van der Waals surface area contributed by atoms with E-state index in [0.29, 0.717) is 6.42 Å². The zero-order valence-electron chi connectivity index (χ0n) is 24.5. The van der Waals surface area contributed by atoms with Gasteiger partial charge in [-0.15, -0.1) is 0 Å². The van der Waals surface area contributed by atoms with Crippen molar-refractivity contribution in [2.75, 3.05) is 32.8 Å². The number of nitrogens with one attached hydrogen (secondary N) is 2. The first-order valence-corrected chi connectivity index (χ1v) is 14.8. The normalized spacial score (nSPS) is 42.9. The van der Waals surface area contributed by atoms with Crippen molar-refractivity contribution in [3.05, 3.63) is 0 Å². The van der Waals surface area contributed by atoms with Crippen molar-refractivity contribution < 1.29 is 59.5 Å². The summed E-state index contributed by atoms with van der Waals surface area (Å²) >= 11 is 0. The second-order valence-electron chi connectivity index (χ2n) is 11.6. The van der Waals surface area contributed by atoms with Gasteiger partial charge in [0.2, 0.25) is 5.91 Å². The fourth-order valence-electron chi connectivity index (χ4n) is 5.64. The molecule has 0 radical (unpaired) electrons. The van der Waals surface area contributed by atoms with Crippen LogP contribution < -0.4 is 39.3 Å². The molecule has 0 spiro atoms. The van der Waals surface area contributed by atoms with Crippen molar-refractivity contribution in [3.63, 3.8) is 0 Å². The first kappa shape index (κ1) is 37.2. The summed E-state index contributed by atoms with van der Waals surface area (Å²) in [7, 11) is 0. The Kier molecular flexibility index (Phi) is 14.5. The van der Waals surface area contributed by atoms with E-state index in [4.69, 9.17) is 47.6 Å². The van der Waals surface area contributed by atoms with Gasteiger partial charge in [-0.3, -0.25) is 4.79 Å². The number of hydrogen-bond acceptors (Lipinski definition) is 18. The summed E-state index contributed by atoms with van der Waals surface area (Å²) in [6.07, 6.45) is -14.9. The van der Waals surface area contributed by atoms with Gasteiger partial charge in [0.1, 0.15) is 42.7 Å². The van der Waals surface area contributed by atoms with Crippen LogP contribution in [0.3, 0.4) is 0 Å². The Bertz CT molecular complexity index is 883. The van der Waals surface area contributed by atoms with Crippen LogP contribution >= 0.6 is 0 Å². The molecule has 1 unspecified atom stereocenters. The summed E-state index contributed by atoms with van der Waals surface area (Å²) in [6.45, 7) is -0.727. The summed E-state index contributed by atoms with van der Waals surface area (Å²) in [4.78, 5) is 12.6. The summed E-state index contributed by atoms with van der Waals surface area (Å²) in [5.74, 6) is -0.869. The summed E-state index contributed by atoms with van der Waals surface area (Å²) in [6, 6.07) is -3.98. The van der Waals surface area contributed by atoms with Crippen LogP contribution in [0.4, 0.5) is 0 Å². The largest absolute Gasteiger partial charge is 0.394 e. The number of carbonyl (C=O) groups excluding carboxylic acids is 1. The number of hydrogen-bond donors (Lipinski definition) is 14. The number of amides is 1.